The maximum atomic E-state index is 12.6. The fourth-order valence-corrected chi connectivity index (χ4v) is 3.99. The summed E-state index contributed by atoms with van der Waals surface area (Å²) in [6.07, 6.45) is 2.43. The Hall–Kier alpha value is -1.83. The molecule has 0 aliphatic carbocycles. The molecule has 0 radical (unpaired) electrons. The number of piperazine rings is 1. The SMILES string of the molecule is CN=C(NCCCOCC1CCOC1)N1CCN(C(=O)Cc2cccc(Cl)c2)CC1. The summed E-state index contributed by atoms with van der Waals surface area (Å²) in [5, 5.41) is 4.08. The van der Waals surface area contributed by atoms with Crippen LogP contribution < -0.4 is 5.32 Å². The molecule has 1 aromatic rings. The molecule has 7 nitrogen and oxygen atoms in total. The van der Waals surface area contributed by atoms with E-state index in [0.717, 1.165) is 70.4 Å². The number of nitrogens with zero attached hydrogens (tertiary/aromatic N) is 3. The molecule has 0 bridgehead atoms. The van der Waals surface area contributed by atoms with Crippen LogP contribution in [0.25, 0.3) is 0 Å². The molecule has 1 atom stereocenters. The Morgan fingerprint density at radius 3 is 2.80 bits per heavy atom. The van der Waals surface area contributed by atoms with E-state index < -0.39 is 0 Å². The molecule has 2 saturated heterocycles. The second-order valence-corrected chi connectivity index (χ2v) is 8.24. The van der Waals surface area contributed by atoms with E-state index >= 15 is 0 Å². The minimum Gasteiger partial charge on any atom is -0.381 e. The number of hydrogen-bond acceptors (Lipinski definition) is 4. The van der Waals surface area contributed by atoms with Crippen molar-refractivity contribution in [2.75, 3.05) is 66.2 Å². The number of ether oxygens (including phenoxy) is 2. The Bertz CT molecular complexity index is 701. The Balaban J connectivity index is 1.32. The Morgan fingerprint density at radius 2 is 2.10 bits per heavy atom. The van der Waals surface area contributed by atoms with Crippen molar-refractivity contribution in [1.82, 2.24) is 15.1 Å². The highest BCUT2D eigenvalue weighted by Gasteiger charge is 2.23. The molecular formula is C22H33ClN4O3. The molecular weight excluding hydrogens is 404 g/mol. The van der Waals surface area contributed by atoms with Crippen LogP contribution in [0, 0.1) is 5.92 Å². The fraction of sp³-hybridized carbons (Fsp3) is 0.636. The van der Waals surface area contributed by atoms with Gasteiger partial charge in [0.05, 0.1) is 19.6 Å². The monoisotopic (exact) mass is 436 g/mol. The number of carbonyl (C=O) groups is 1. The molecule has 1 N–H and O–H groups in total. The van der Waals surface area contributed by atoms with Gasteiger partial charge in [-0.1, -0.05) is 23.7 Å². The first-order chi connectivity index (χ1) is 14.7. The van der Waals surface area contributed by atoms with Gasteiger partial charge in [-0.15, -0.1) is 0 Å². The molecule has 8 heteroatoms. The lowest BCUT2D eigenvalue weighted by Crippen LogP contribution is -2.54. The molecule has 30 heavy (non-hydrogen) atoms. The molecule has 1 unspecified atom stereocenters. The van der Waals surface area contributed by atoms with E-state index in [4.69, 9.17) is 21.1 Å². The third-order valence-corrected chi connectivity index (χ3v) is 5.75. The number of hydrogen-bond donors (Lipinski definition) is 1. The summed E-state index contributed by atoms with van der Waals surface area (Å²) in [7, 11) is 1.80. The van der Waals surface area contributed by atoms with Crippen LogP contribution in [0.2, 0.25) is 5.02 Å². The molecule has 2 aliphatic rings. The van der Waals surface area contributed by atoms with Gasteiger partial charge in [0.15, 0.2) is 5.96 Å². The highest BCUT2D eigenvalue weighted by Crippen LogP contribution is 2.13. The van der Waals surface area contributed by atoms with Crippen LogP contribution in [-0.4, -0.2) is 87.9 Å². The zero-order valence-corrected chi connectivity index (χ0v) is 18.6. The Kier molecular flexibility index (Phi) is 9.24. The molecule has 2 fully saturated rings. The number of benzene rings is 1. The fourth-order valence-electron chi connectivity index (χ4n) is 3.77. The number of amides is 1. The van der Waals surface area contributed by atoms with E-state index in [2.05, 4.69) is 15.2 Å². The molecule has 3 rings (SSSR count). The van der Waals surface area contributed by atoms with Gasteiger partial charge in [-0.3, -0.25) is 9.79 Å². The summed E-state index contributed by atoms with van der Waals surface area (Å²) in [5.74, 6) is 1.59. The maximum absolute atomic E-state index is 12.6. The van der Waals surface area contributed by atoms with Crippen molar-refractivity contribution in [3.8, 4) is 0 Å². The molecule has 2 heterocycles. The van der Waals surface area contributed by atoms with Crippen LogP contribution in [0.15, 0.2) is 29.3 Å². The van der Waals surface area contributed by atoms with Gasteiger partial charge in [-0.2, -0.15) is 0 Å². The van der Waals surface area contributed by atoms with E-state index in [1.807, 2.05) is 29.2 Å². The summed E-state index contributed by atoms with van der Waals surface area (Å²) < 4.78 is 11.1. The summed E-state index contributed by atoms with van der Waals surface area (Å²) in [6.45, 7) is 7.01. The van der Waals surface area contributed by atoms with Gasteiger partial charge in [0, 0.05) is 63.9 Å². The first-order valence-electron chi connectivity index (χ1n) is 10.8. The zero-order chi connectivity index (χ0) is 21.2. The van der Waals surface area contributed by atoms with Crippen molar-refractivity contribution < 1.29 is 14.3 Å². The number of carbonyl (C=O) groups excluding carboxylic acids is 1. The van der Waals surface area contributed by atoms with Crippen molar-refractivity contribution in [1.29, 1.82) is 0 Å². The van der Waals surface area contributed by atoms with Gasteiger partial charge < -0.3 is 24.6 Å². The molecule has 0 saturated carbocycles. The highest BCUT2D eigenvalue weighted by atomic mass is 35.5. The zero-order valence-electron chi connectivity index (χ0n) is 17.8. The summed E-state index contributed by atoms with van der Waals surface area (Å²) >= 11 is 6.02. The summed E-state index contributed by atoms with van der Waals surface area (Å²) in [6, 6.07) is 7.50. The van der Waals surface area contributed by atoms with E-state index in [-0.39, 0.29) is 5.91 Å². The number of guanidine groups is 1. The third kappa shape index (κ3) is 7.15. The lowest BCUT2D eigenvalue weighted by atomic mass is 10.1. The van der Waals surface area contributed by atoms with Crippen LogP contribution in [-0.2, 0) is 20.7 Å². The van der Waals surface area contributed by atoms with Crippen LogP contribution >= 0.6 is 11.6 Å². The smallest absolute Gasteiger partial charge is 0.227 e. The van der Waals surface area contributed by atoms with Crippen molar-refractivity contribution in [2.45, 2.75) is 19.3 Å². The van der Waals surface area contributed by atoms with Gasteiger partial charge in [0.25, 0.3) is 0 Å². The molecule has 1 aromatic carbocycles. The lowest BCUT2D eigenvalue weighted by Gasteiger charge is -2.36. The van der Waals surface area contributed by atoms with Crippen LogP contribution in [0.1, 0.15) is 18.4 Å². The van der Waals surface area contributed by atoms with Crippen molar-refractivity contribution in [3.05, 3.63) is 34.9 Å². The first kappa shape index (κ1) is 22.8. The summed E-state index contributed by atoms with van der Waals surface area (Å²) in [5.41, 5.74) is 0.954. The predicted octanol–water partition coefficient (Wildman–Crippen LogP) is 2.05. The third-order valence-electron chi connectivity index (χ3n) is 5.51. The number of rotatable bonds is 8. The Labute approximate surface area is 184 Å². The molecule has 166 valence electrons. The molecule has 1 amide bonds. The van der Waals surface area contributed by atoms with Gasteiger partial charge in [0.2, 0.25) is 5.91 Å². The lowest BCUT2D eigenvalue weighted by molar-refractivity contribution is -0.131. The summed E-state index contributed by atoms with van der Waals surface area (Å²) in [4.78, 5) is 21.1. The van der Waals surface area contributed by atoms with E-state index in [1.165, 1.54) is 0 Å². The topological polar surface area (TPSA) is 66.4 Å². The largest absolute Gasteiger partial charge is 0.381 e. The van der Waals surface area contributed by atoms with E-state index in [9.17, 15) is 4.79 Å². The average molecular weight is 437 g/mol. The molecule has 0 aromatic heterocycles. The van der Waals surface area contributed by atoms with Gasteiger partial charge in [-0.05, 0) is 30.5 Å². The second-order valence-electron chi connectivity index (χ2n) is 7.81. The quantitative estimate of drug-likeness (QED) is 0.384. The van der Waals surface area contributed by atoms with Gasteiger partial charge in [0.1, 0.15) is 0 Å². The van der Waals surface area contributed by atoms with Crippen molar-refractivity contribution in [2.24, 2.45) is 10.9 Å². The second kappa shape index (κ2) is 12.1. The van der Waals surface area contributed by atoms with Crippen molar-refractivity contribution >= 4 is 23.5 Å². The minimum atomic E-state index is 0.143. The average Bonchev–Trinajstić information content (AvgIpc) is 3.27. The minimum absolute atomic E-state index is 0.143. The first-order valence-corrected chi connectivity index (χ1v) is 11.2. The van der Waals surface area contributed by atoms with E-state index in [1.54, 1.807) is 7.05 Å². The molecule has 2 aliphatic heterocycles. The molecule has 0 spiro atoms. The highest BCUT2D eigenvalue weighted by molar-refractivity contribution is 6.30. The van der Waals surface area contributed by atoms with Gasteiger partial charge >= 0.3 is 0 Å². The maximum Gasteiger partial charge on any atom is 0.227 e. The van der Waals surface area contributed by atoms with Crippen LogP contribution in [0.3, 0.4) is 0 Å². The van der Waals surface area contributed by atoms with Gasteiger partial charge in [-0.25, -0.2) is 0 Å². The van der Waals surface area contributed by atoms with Crippen molar-refractivity contribution in [3.63, 3.8) is 0 Å². The van der Waals surface area contributed by atoms with Crippen LogP contribution in [0.4, 0.5) is 0 Å². The number of nitrogens with one attached hydrogen (secondary N) is 1. The Morgan fingerprint density at radius 1 is 1.30 bits per heavy atom. The van der Waals surface area contributed by atoms with E-state index in [0.29, 0.717) is 30.5 Å². The number of halogens is 1. The standard InChI is InChI=1S/C22H33ClN4O3/c1-24-22(25-7-3-12-29-16-19-6-13-30-17-19)27-10-8-26(9-11-27)21(28)15-18-4-2-5-20(23)14-18/h2,4-5,14,19H,3,6-13,15-17H2,1H3,(H,24,25). The normalized spacial score (nSPS) is 19.9. The predicted molar refractivity (Wildman–Crippen MR) is 119 cm³/mol. The number of aliphatic imine (C=N–C) groups is 1. The van der Waals surface area contributed by atoms with Crippen LogP contribution in [0.5, 0.6) is 0 Å².